The first-order valence-electron chi connectivity index (χ1n) is 3.31. The van der Waals surface area contributed by atoms with Gasteiger partial charge in [-0.15, -0.1) is 0 Å². The lowest BCUT2D eigenvalue weighted by atomic mass is 10.3. The third-order valence-corrected chi connectivity index (χ3v) is 2.27. The number of nitrogens with two attached hydrogens (primary N) is 1. The van der Waals surface area contributed by atoms with Crippen LogP contribution in [0.5, 0.6) is 0 Å². The zero-order chi connectivity index (χ0) is 10.9. The molecule has 2 N–H and O–H groups in total. The summed E-state index contributed by atoms with van der Waals surface area (Å²) in [4.78, 5) is 12.7. The van der Waals surface area contributed by atoms with Crippen LogP contribution in [0.3, 0.4) is 0 Å². The van der Waals surface area contributed by atoms with Crippen LogP contribution in [0.1, 0.15) is 12.1 Å². The molecule has 5 nitrogen and oxygen atoms in total. The number of aromatic nitrogens is 1. The Balaban J connectivity index is 3.45. The highest BCUT2D eigenvalue weighted by Gasteiger charge is 2.27. The van der Waals surface area contributed by atoms with Crippen LogP contribution < -0.4 is 5.73 Å². The quantitative estimate of drug-likeness (QED) is 0.658. The van der Waals surface area contributed by atoms with Gasteiger partial charge in [-0.3, -0.25) is 10.1 Å². The first-order valence-corrected chi connectivity index (χ1v) is 4.11. The van der Waals surface area contributed by atoms with Gasteiger partial charge in [-0.05, 0) is 15.9 Å². The number of halogens is 3. The molecule has 0 aliphatic carbocycles. The van der Waals surface area contributed by atoms with Crippen LogP contribution >= 0.6 is 15.9 Å². The highest BCUT2D eigenvalue weighted by molar-refractivity contribution is 9.10. The Morgan fingerprint density at radius 1 is 1.64 bits per heavy atom. The molecule has 1 heterocycles. The summed E-state index contributed by atoms with van der Waals surface area (Å²) in [6.45, 7) is 0. The van der Waals surface area contributed by atoms with Crippen molar-refractivity contribution in [2.24, 2.45) is 0 Å². The molecule has 1 aromatic heterocycles. The molecule has 0 aliphatic rings. The van der Waals surface area contributed by atoms with E-state index in [0.717, 1.165) is 6.20 Å². The molecule has 0 radical (unpaired) electrons. The highest BCUT2D eigenvalue weighted by Crippen LogP contribution is 2.36. The van der Waals surface area contributed by atoms with Crippen molar-refractivity contribution in [3.63, 3.8) is 0 Å². The number of rotatable bonds is 2. The standard InChI is InChI=1S/C6H4BrF2N3O2/c7-3-2(10)1-11-4(6(8)9)5(3)12(13)14/h1,6H,10H2. The van der Waals surface area contributed by atoms with Gasteiger partial charge in [-0.25, -0.2) is 13.8 Å². The number of anilines is 1. The molecule has 76 valence electrons. The number of alkyl halides is 2. The van der Waals surface area contributed by atoms with Crippen LogP contribution in [-0.4, -0.2) is 9.91 Å². The van der Waals surface area contributed by atoms with Crippen LogP contribution in [0.2, 0.25) is 0 Å². The summed E-state index contributed by atoms with van der Waals surface area (Å²) in [6, 6.07) is 0. The van der Waals surface area contributed by atoms with Crippen molar-refractivity contribution in [1.82, 2.24) is 4.98 Å². The Bertz CT molecular complexity index is 386. The molecule has 0 fully saturated rings. The van der Waals surface area contributed by atoms with Crippen LogP contribution in [0.4, 0.5) is 20.2 Å². The highest BCUT2D eigenvalue weighted by atomic mass is 79.9. The summed E-state index contributed by atoms with van der Waals surface area (Å²) in [7, 11) is 0. The Kier molecular flexibility index (Phi) is 2.94. The summed E-state index contributed by atoms with van der Waals surface area (Å²) in [5, 5.41) is 10.4. The van der Waals surface area contributed by atoms with Crippen molar-refractivity contribution < 1.29 is 13.7 Å². The van der Waals surface area contributed by atoms with Crippen molar-refractivity contribution in [1.29, 1.82) is 0 Å². The maximum Gasteiger partial charge on any atom is 0.312 e. The van der Waals surface area contributed by atoms with Crippen LogP contribution in [0.25, 0.3) is 0 Å². The molecule has 1 rings (SSSR count). The molecule has 0 saturated heterocycles. The molecule has 14 heavy (non-hydrogen) atoms. The van der Waals surface area contributed by atoms with Crippen LogP contribution in [0.15, 0.2) is 10.7 Å². The maximum atomic E-state index is 12.3. The van der Waals surface area contributed by atoms with Gasteiger partial charge in [0.1, 0.15) is 4.47 Å². The lowest BCUT2D eigenvalue weighted by molar-refractivity contribution is -0.387. The fraction of sp³-hybridized carbons (Fsp3) is 0.167. The normalized spacial score (nSPS) is 10.6. The minimum atomic E-state index is -3.01. The van der Waals surface area contributed by atoms with E-state index in [9.17, 15) is 18.9 Å². The summed E-state index contributed by atoms with van der Waals surface area (Å²) in [6.07, 6.45) is -2.06. The van der Waals surface area contributed by atoms with Crippen molar-refractivity contribution >= 4 is 27.3 Å². The monoisotopic (exact) mass is 267 g/mol. The molecule has 0 aromatic carbocycles. The Morgan fingerprint density at radius 2 is 2.21 bits per heavy atom. The number of nitrogen functional groups attached to an aromatic ring is 1. The summed E-state index contributed by atoms with van der Waals surface area (Å²) in [5.74, 6) is 0. The number of hydrogen-bond acceptors (Lipinski definition) is 4. The minimum absolute atomic E-state index is 0.0545. The number of pyridine rings is 1. The molecular weight excluding hydrogens is 264 g/mol. The fourth-order valence-corrected chi connectivity index (χ4v) is 1.29. The second-order valence-electron chi connectivity index (χ2n) is 2.32. The largest absolute Gasteiger partial charge is 0.396 e. The van der Waals surface area contributed by atoms with E-state index in [1.54, 1.807) is 0 Å². The van der Waals surface area contributed by atoms with Gasteiger partial charge in [0.25, 0.3) is 6.43 Å². The van der Waals surface area contributed by atoms with E-state index in [4.69, 9.17) is 5.73 Å². The van der Waals surface area contributed by atoms with E-state index < -0.39 is 22.7 Å². The van der Waals surface area contributed by atoms with Gasteiger partial charge in [-0.1, -0.05) is 0 Å². The smallest absolute Gasteiger partial charge is 0.312 e. The summed E-state index contributed by atoms with van der Waals surface area (Å²) < 4.78 is 24.4. The Morgan fingerprint density at radius 3 is 2.64 bits per heavy atom. The minimum Gasteiger partial charge on any atom is -0.396 e. The van der Waals surface area contributed by atoms with E-state index in [1.807, 2.05) is 0 Å². The van der Waals surface area contributed by atoms with Crippen molar-refractivity contribution in [2.45, 2.75) is 6.43 Å². The van der Waals surface area contributed by atoms with E-state index in [2.05, 4.69) is 20.9 Å². The van der Waals surface area contributed by atoms with Gasteiger partial charge >= 0.3 is 5.69 Å². The zero-order valence-electron chi connectivity index (χ0n) is 6.58. The van der Waals surface area contributed by atoms with Crippen molar-refractivity contribution in [3.8, 4) is 0 Å². The predicted octanol–water partition coefficient (Wildman–Crippen LogP) is 2.27. The number of nitrogens with zero attached hydrogens (tertiary/aromatic N) is 2. The molecule has 0 bridgehead atoms. The van der Waals surface area contributed by atoms with Gasteiger partial charge in [0.2, 0.25) is 0 Å². The molecule has 1 aromatic rings. The van der Waals surface area contributed by atoms with E-state index in [1.165, 1.54) is 0 Å². The van der Waals surface area contributed by atoms with Gasteiger partial charge in [0.05, 0.1) is 16.8 Å². The van der Waals surface area contributed by atoms with E-state index in [-0.39, 0.29) is 10.2 Å². The summed E-state index contributed by atoms with van der Waals surface area (Å²) in [5.41, 5.74) is 3.53. The molecule has 8 heteroatoms. The van der Waals surface area contributed by atoms with Crippen LogP contribution in [0, 0.1) is 10.1 Å². The molecule has 0 unspecified atom stereocenters. The predicted molar refractivity (Wildman–Crippen MR) is 48.0 cm³/mol. The number of hydrogen-bond donors (Lipinski definition) is 1. The third kappa shape index (κ3) is 1.79. The molecule has 0 atom stereocenters. The Labute approximate surface area is 85.2 Å². The van der Waals surface area contributed by atoms with Gasteiger partial charge in [0, 0.05) is 0 Å². The van der Waals surface area contributed by atoms with E-state index in [0.29, 0.717) is 0 Å². The molecular formula is C6H4BrF2N3O2. The average molecular weight is 268 g/mol. The van der Waals surface area contributed by atoms with Gasteiger partial charge in [-0.2, -0.15) is 0 Å². The van der Waals surface area contributed by atoms with E-state index >= 15 is 0 Å². The first-order chi connectivity index (χ1) is 6.45. The summed E-state index contributed by atoms with van der Waals surface area (Å²) >= 11 is 2.76. The van der Waals surface area contributed by atoms with Gasteiger partial charge in [0.15, 0.2) is 5.69 Å². The molecule has 0 aliphatic heterocycles. The lowest BCUT2D eigenvalue weighted by Crippen LogP contribution is -2.02. The topological polar surface area (TPSA) is 82.0 Å². The third-order valence-electron chi connectivity index (χ3n) is 1.44. The Hall–Kier alpha value is -1.31. The number of nitro groups is 1. The second kappa shape index (κ2) is 3.82. The molecule has 0 spiro atoms. The maximum absolute atomic E-state index is 12.3. The van der Waals surface area contributed by atoms with Crippen molar-refractivity contribution in [3.05, 3.63) is 26.5 Å². The average Bonchev–Trinajstić information content (AvgIpc) is 2.08. The van der Waals surface area contributed by atoms with Crippen LogP contribution in [-0.2, 0) is 0 Å². The second-order valence-corrected chi connectivity index (χ2v) is 3.11. The van der Waals surface area contributed by atoms with Gasteiger partial charge < -0.3 is 5.73 Å². The fourth-order valence-electron chi connectivity index (χ4n) is 0.839. The van der Waals surface area contributed by atoms with Crippen molar-refractivity contribution in [2.75, 3.05) is 5.73 Å². The zero-order valence-corrected chi connectivity index (χ0v) is 8.16. The molecule has 0 saturated carbocycles. The SMILES string of the molecule is Nc1cnc(C(F)F)c([N+](=O)[O-])c1Br. The first kappa shape index (κ1) is 10.8. The lowest BCUT2D eigenvalue weighted by Gasteiger charge is -2.03. The molecule has 0 amide bonds.